The lowest BCUT2D eigenvalue weighted by molar-refractivity contribution is -0.123. The second-order valence-electron chi connectivity index (χ2n) is 5.20. The van der Waals surface area contributed by atoms with Gasteiger partial charge in [-0.25, -0.2) is 4.39 Å². The van der Waals surface area contributed by atoms with Crippen LogP contribution in [0.25, 0.3) is 6.08 Å². The molecule has 0 bridgehead atoms. The van der Waals surface area contributed by atoms with Crippen molar-refractivity contribution in [2.24, 2.45) is 0 Å². The fraction of sp³-hybridized carbons (Fsp3) is 0.222. The first-order valence-corrected chi connectivity index (χ1v) is 7.15. The molecule has 1 aliphatic rings. The molecule has 0 saturated carbocycles. The first-order valence-electron chi connectivity index (χ1n) is 7.15. The molecule has 1 aliphatic heterocycles. The van der Waals surface area contributed by atoms with Crippen LogP contribution in [0.15, 0.2) is 54.4 Å². The standard InChI is InChI=1S/C11H11FN2O.C7H8/c1-14-5-3-9(11(14)15)6-8-2-4-13-7-10(8)12;1-7-5-3-2-4-6-7/h2,4,6-7H,3,5H2,1H3;2-6H,1H3/b9-6+;. The van der Waals surface area contributed by atoms with Gasteiger partial charge in [0, 0.05) is 30.9 Å². The van der Waals surface area contributed by atoms with E-state index in [1.54, 1.807) is 24.1 Å². The normalized spacial score (nSPS) is 15.7. The molecule has 1 fully saturated rings. The van der Waals surface area contributed by atoms with E-state index in [2.05, 4.69) is 24.0 Å². The Morgan fingerprint density at radius 1 is 1.23 bits per heavy atom. The van der Waals surface area contributed by atoms with Gasteiger partial charge in [-0.15, -0.1) is 0 Å². The van der Waals surface area contributed by atoms with Gasteiger partial charge in [0.05, 0.1) is 6.20 Å². The van der Waals surface area contributed by atoms with Gasteiger partial charge < -0.3 is 4.90 Å². The van der Waals surface area contributed by atoms with Gasteiger partial charge in [0.2, 0.25) is 5.91 Å². The topological polar surface area (TPSA) is 33.2 Å². The average Bonchev–Trinajstić information content (AvgIpc) is 2.83. The molecule has 1 amide bonds. The van der Waals surface area contributed by atoms with E-state index < -0.39 is 5.82 Å². The number of likely N-dealkylation sites (N-methyl/N-ethyl adjacent to an activating group) is 1. The number of hydrogen-bond acceptors (Lipinski definition) is 2. The number of rotatable bonds is 1. The fourth-order valence-electron chi connectivity index (χ4n) is 2.10. The number of amides is 1. The molecule has 4 heteroatoms. The van der Waals surface area contributed by atoms with Gasteiger partial charge in [-0.2, -0.15) is 0 Å². The van der Waals surface area contributed by atoms with Crippen molar-refractivity contribution in [2.75, 3.05) is 13.6 Å². The minimum Gasteiger partial charge on any atom is -0.342 e. The van der Waals surface area contributed by atoms with Crippen LogP contribution < -0.4 is 0 Å². The largest absolute Gasteiger partial charge is 0.342 e. The Kier molecular flexibility index (Phi) is 5.42. The number of aryl methyl sites for hydroxylation is 1. The summed E-state index contributed by atoms with van der Waals surface area (Å²) in [5.74, 6) is -0.418. The summed E-state index contributed by atoms with van der Waals surface area (Å²) in [6.45, 7) is 2.79. The highest BCUT2D eigenvalue weighted by atomic mass is 19.1. The van der Waals surface area contributed by atoms with Crippen molar-refractivity contribution in [3.05, 3.63) is 71.3 Å². The minimum absolute atomic E-state index is 0.0220. The summed E-state index contributed by atoms with van der Waals surface area (Å²) in [4.78, 5) is 16.8. The third kappa shape index (κ3) is 4.25. The zero-order valence-corrected chi connectivity index (χ0v) is 12.8. The van der Waals surface area contributed by atoms with Crippen molar-refractivity contribution in [3.63, 3.8) is 0 Å². The molecule has 0 atom stereocenters. The molecular formula is C18H19FN2O. The second-order valence-corrected chi connectivity index (χ2v) is 5.20. The number of likely N-dealkylation sites (tertiary alicyclic amines) is 1. The molecule has 0 unspecified atom stereocenters. The lowest BCUT2D eigenvalue weighted by Gasteiger charge is -2.04. The minimum atomic E-state index is -0.396. The Labute approximate surface area is 130 Å². The molecule has 0 aliphatic carbocycles. The summed E-state index contributed by atoms with van der Waals surface area (Å²) in [6, 6.07) is 11.8. The molecule has 2 aromatic rings. The van der Waals surface area contributed by atoms with E-state index in [0.717, 1.165) is 6.20 Å². The van der Waals surface area contributed by atoms with Crippen molar-refractivity contribution in [2.45, 2.75) is 13.3 Å². The highest BCUT2D eigenvalue weighted by molar-refractivity contribution is 5.99. The summed E-state index contributed by atoms with van der Waals surface area (Å²) in [7, 11) is 1.74. The molecule has 3 nitrogen and oxygen atoms in total. The molecule has 22 heavy (non-hydrogen) atoms. The Bertz CT molecular complexity index is 668. The van der Waals surface area contributed by atoms with Gasteiger partial charge >= 0.3 is 0 Å². The molecule has 3 rings (SSSR count). The Morgan fingerprint density at radius 3 is 2.45 bits per heavy atom. The Balaban J connectivity index is 0.000000211. The maximum atomic E-state index is 13.2. The molecule has 1 aromatic heterocycles. The van der Waals surface area contributed by atoms with Gasteiger partial charge in [-0.05, 0) is 25.5 Å². The molecule has 0 N–H and O–H groups in total. The van der Waals surface area contributed by atoms with Crippen LogP contribution in [-0.4, -0.2) is 29.4 Å². The van der Waals surface area contributed by atoms with E-state index in [9.17, 15) is 9.18 Å². The average molecular weight is 298 g/mol. The van der Waals surface area contributed by atoms with Gasteiger partial charge in [-0.1, -0.05) is 35.9 Å². The first kappa shape index (κ1) is 15.9. The summed E-state index contributed by atoms with van der Waals surface area (Å²) in [6.07, 6.45) is 4.94. The molecule has 114 valence electrons. The summed E-state index contributed by atoms with van der Waals surface area (Å²) in [5, 5.41) is 0. The van der Waals surface area contributed by atoms with Crippen LogP contribution in [0.5, 0.6) is 0 Å². The molecule has 0 radical (unpaired) electrons. The van der Waals surface area contributed by atoms with E-state index in [-0.39, 0.29) is 5.91 Å². The fourth-order valence-corrected chi connectivity index (χ4v) is 2.10. The molecule has 0 spiro atoms. The maximum Gasteiger partial charge on any atom is 0.249 e. The quantitative estimate of drug-likeness (QED) is 0.755. The summed E-state index contributed by atoms with van der Waals surface area (Å²) < 4.78 is 13.2. The van der Waals surface area contributed by atoms with Crippen LogP contribution >= 0.6 is 0 Å². The lowest BCUT2D eigenvalue weighted by Crippen LogP contribution is -2.18. The van der Waals surface area contributed by atoms with Crippen LogP contribution in [-0.2, 0) is 4.79 Å². The maximum absolute atomic E-state index is 13.2. The van der Waals surface area contributed by atoms with Crippen molar-refractivity contribution < 1.29 is 9.18 Å². The van der Waals surface area contributed by atoms with Crippen molar-refractivity contribution in [3.8, 4) is 0 Å². The zero-order chi connectivity index (χ0) is 15.9. The molecular weight excluding hydrogens is 279 g/mol. The number of hydrogen-bond donors (Lipinski definition) is 0. The lowest BCUT2D eigenvalue weighted by atomic mass is 10.1. The van der Waals surface area contributed by atoms with Crippen molar-refractivity contribution in [1.29, 1.82) is 0 Å². The Morgan fingerprint density at radius 2 is 1.95 bits per heavy atom. The highest BCUT2D eigenvalue weighted by Crippen LogP contribution is 2.19. The summed E-state index contributed by atoms with van der Waals surface area (Å²) in [5.41, 5.74) is 2.40. The van der Waals surface area contributed by atoms with Crippen LogP contribution in [0.4, 0.5) is 4.39 Å². The van der Waals surface area contributed by atoms with Gasteiger partial charge in [-0.3, -0.25) is 9.78 Å². The molecule has 2 heterocycles. The number of pyridine rings is 1. The Hall–Kier alpha value is -2.49. The van der Waals surface area contributed by atoms with E-state index in [4.69, 9.17) is 0 Å². The van der Waals surface area contributed by atoms with Gasteiger partial charge in [0.25, 0.3) is 0 Å². The highest BCUT2D eigenvalue weighted by Gasteiger charge is 2.22. The van der Waals surface area contributed by atoms with Gasteiger partial charge in [0.15, 0.2) is 0 Å². The first-order chi connectivity index (χ1) is 10.6. The van der Waals surface area contributed by atoms with Crippen LogP contribution in [0.1, 0.15) is 17.5 Å². The van der Waals surface area contributed by atoms with E-state index in [1.807, 2.05) is 18.2 Å². The number of benzene rings is 1. The predicted molar refractivity (Wildman–Crippen MR) is 85.6 cm³/mol. The molecule has 1 saturated heterocycles. The van der Waals surface area contributed by atoms with Gasteiger partial charge in [0.1, 0.15) is 5.82 Å². The van der Waals surface area contributed by atoms with Crippen LogP contribution in [0, 0.1) is 12.7 Å². The third-order valence-electron chi connectivity index (χ3n) is 3.41. The number of nitrogens with zero attached hydrogens (tertiary/aromatic N) is 2. The van der Waals surface area contributed by atoms with Crippen molar-refractivity contribution in [1.82, 2.24) is 9.88 Å². The number of aromatic nitrogens is 1. The van der Waals surface area contributed by atoms with Crippen LogP contribution in [0.3, 0.4) is 0 Å². The van der Waals surface area contributed by atoms with E-state index in [0.29, 0.717) is 24.1 Å². The molecule has 1 aromatic carbocycles. The van der Waals surface area contributed by atoms with E-state index in [1.165, 1.54) is 11.8 Å². The smallest absolute Gasteiger partial charge is 0.249 e. The summed E-state index contributed by atoms with van der Waals surface area (Å²) >= 11 is 0. The SMILES string of the molecule is CN1CC/C(=C\c2ccncc2F)C1=O.Cc1ccccc1. The number of carbonyl (C=O) groups excluding carboxylic acids is 1. The zero-order valence-electron chi connectivity index (χ0n) is 12.8. The monoisotopic (exact) mass is 298 g/mol. The predicted octanol–water partition coefficient (Wildman–Crippen LogP) is 3.46. The second kappa shape index (κ2) is 7.50. The number of carbonyl (C=O) groups is 1. The third-order valence-corrected chi connectivity index (χ3v) is 3.41. The van der Waals surface area contributed by atoms with Crippen molar-refractivity contribution >= 4 is 12.0 Å². The number of halogens is 1. The van der Waals surface area contributed by atoms with E-state index >= 15 is 0 Å². The van der Waals surface area contributed by atoms with Crippen LogP contribution in [0.2, 0.25) is 0 Å².